The Morgan fingerprint density at radius 1 is 1.20 bits per heavy atom. The molecule has 0 bridgehead atoms. The van der Waals surface area contributed by atoms with Gasteiger partial charge in [-0.25, -0.2) is 0 Å². The van der Waals surface area contributed by atoms with Gasteiger partial charge in [-0.1, -0.05) is 24.3 Å². The van der Waals surface area contributed by atoms with Crippen LogP contribution in [0, 0.1) is 13.8 Å². The van der Waals surface area contributed by atoms with E-state index in [2.05, 4.69) is 10.3 Å². The Kier molecular flexibility index (Phi) is 4.57. The van der Waals surface area contributed by atoms with E-state index >= 15 is 0 Å². The largest absolute Gasteiger partial charge is 0.507 e. The molecular formula is C20H20N2O3. The van der Waals surface area contributed by atoms with Crippen LogP contribution in [0.3, 0.4) is 0 Å². The number of phenols is 1. The zero-order chi connectivity index (χ0) is 18.0. The summed E-state index contributed by atoms with van der Waals surface area (Å²) in [5.74, 6) is 0.388. The molecule has 1 amide bonds. The van der Waals surface area contributed by atoms with Crippen LogP contribution >= 0.6 is 0 Å². The van der Waals surface area contributed by atoms with Gasteiger partial charge in [0.15, 0.2) is 0 Å². The van der Waals surface area contributed by atoms with Crippen molar-refractivity contribution in [2.75, 3.05) is 7.11 Å². The van der Waals surface area contributed by atoms with E-state index in [1.54, 1.807) is 25.4 Å². The molecule has 0 aliphatic rings. The summed E-state index contributed by atoms with van der Waals surface area (Å²) in [6.07, 6.45) is 1.72. The van der Waals surface area contributed by atoms with Crippen molar-refractivity contribution in [2.45, 2.75) is 20.4 Å². The number of hydrogen-bond acceptors (Lipinski definition) is 4. The third-order valence-corrected chi connectivity index (χ3v) is 4.27. The van der Waals surface area contributed by atoms with Crippen molar-refractivity contribution in [1.29, 1.82) is 0 Å². The Balaban J connectivity index is 1.83. The minimum absolute atomic E-state index is 0.0395. The van der Waals surface area contributed by atoms with E-state index in [9.17, 15) is 9.90 Å². The fourth-order valence-corrected chi connectivity index (χ4v) is 2.92. The molecule has 0 atom stereocenters. The minimum Gasteiger partial charge on any atom is -0.507 e. The number of carbonyl (C=O) groups excluding carboxylic acids is 1. The summed E-state index contributed by atoms with van der Waals surface area (Å²) in [6.45, 7) is 4.09. The van der Waals surface area contributed by atoms with Crippen molar-refractivity contribution in [3.05, 3.63) is 65.0 Å². The van der Waals surface area contributed by atoms with Gasteiger partial charge >= 0.3 is 0 Å². The predicted molar refractivity (Wildman–Crippen MR) is 97.0 cm³/mol. The van der Waals surface area contributed by atoms with E-state index in [4.69, 9.17) is 4.74 Å². The SMILES string of the molecule is COc1c(C)cnc(CNC(=O)c2cc3ccccc3cc2O)c1C. The van der Waals surface area contributed by atoms with Gasteiger partial charge in [-0.2, -0.15) is 0 Å². The third-order valence-electron chi connectivity index (χ3n) is 4.27. The monoisotopic (exact) mass is 336 g/mol. The Morgan fingerprint density at radius 2 is 1.88 bits per heavy atom. The molecule has 2 aromatic carbocycles. The van der Waals surface area contributed by atoms with Crippen molar-refractivity contribution in [2.24, 2.45) is 0 Å². The maximum Gasteiger partial charge on any atom is 0.255 e. The maximum absolute atomic E-state index is 12.5. The predicted octanol–water partition coefficient (Wildman–Crippen LogP) is 3.50. The molecule has 3 aromatic rings. The topological polar surface area (TPSA) is 71.5 Å². The van der Waals surface area contributed by atoms with Gasteiger partial charge in [0.1, 0.15) is 11.5 Å². The first-order chi connectivity index (χ1) is 12.0. The fraction of sp³-hybridized carbons (Fsp3) is 0.200. The molecule has 0 saturated carbocycles. The number of carbonyl (C=O) groups is 1. The molecule has 1 heterocycles. The second kappa shape index (κ2) is 6.81. The smallest absolute Gasteiger partial charge is 0.255 e. The van der Waals surface area contributed by atoms with Gasteiger partial charge in [0.25, 0.3) is 5.91 Å². The first-order valence-electron chi connectivity index (χ1n) is 8.00. The average Bonchev–Trinajstić information content (AvgIpc) is 2.60. The Hall–Kier alpha value is -3.08. The Labute approximate surface area is 146 Å². The van der Waals surface area contributed by atoms with Crippen LogP contribution in [0.5, 0.6) is 11.5 Å². The summed E-state index contributed by atoms with van der Waals surface area (Å²) < 4.78 is 5.38. The molecule has 2 N–H and O–H groups in total. The summed E-state index contributed by atoms with van der Waals surface area (Å²) in [5, 5.41) is 14.8. The lowest BCUT2D eigenvalue weighted by Gasteiger charge is -2.13. The molecule has 0 radical (unpaired) electrons. The van der Waals surface area contributed by atoms with Gasteiger partial charge in [-0.15, -0.1) is 0 Å². The Bertz CT molecular complexity index is 951. The van der Waals surface area contributed by atoms with Crippen molar-refractivity contribution in [3.8, 4) is 11.5 Å². The van der Waals surface area contributed by atoms with Gasteiger partial charge in [0.05, 0.1) is 24.9 Å². The van der Waals surface area contributed by atoms with Crippen molar-refractivity contribution >= 4 is 16.7 Å². The zero-order valence-corrected chi connectivity index (χ0v) is 14.5. The molecule has 1 aromatic heterocycles. The number of aromatic nitrogens is 1. The molecule has 0 aliphatic carbocycles. The third kappa shape index (κ3) is 3.26. The first-order valence-corrected chi connectivity index (χ1v) is 8.00. The number of benzene rings is 2. The van der Waals surface area contributed by atoms with Crippen molar-refractivity contribution in [3.63, 3.8) is 0 Å². The standard InChI is InChI=1S/C20H20N2O3/c1-12-10-21-17(13(2)19(12)25-3)11-22-20(24)16-8-14-6-4-5-7-15(14)9-18(16)23/h4-10,23H,11H2,1-3H3,(H,22,24). The quantitative estimate of drug-likeness (QED) is 0.765. The molecule has 25 heavy (non-hydrogen) atoms. The second-order valence-corrected chi connectivity index (χ2v) is 5.95. The number of aryl methyl sites for hydroxylation is 1. The Morgan fingerprint density at radius 3 is 2.56 bits per heavy atom. The molecule has 0 spiro atoms. The summed E-state index contributed by atoms with van der Waals surface area (Å²) in [6, 6.07) is 10.9. The van der Waals surface area contributed by atoms with Gasteiger partial charge in [0.2, 0.25) is 0 Å². The number of phenolic OH excluding ortho intramolecular Hbond substituents is 1. The number of pyridine rings is 1. The molecule has 5 nitrogen and oxygen atoms in total. The van der Waals surface area contributed by atoms with Gasteiger partial charge < -0.3 is 15.2 Å². The van der Waals surface area contributed by atoms with Gasteiger partial charge in [0, 0.05) is 17.3 Å². The normalized spacial score (nSPS) is 10.7. The zero-order valence-electron chi connectivity index (χ0n) is 14.5. The number of methoxy groups -OCH3 is 1. The van der Waals surface area contributed by atoms with Crippen molar-refractivity contribution in [1.82, 2.24) is 10.3 Å². The van der Waals surface area contributed by atoms with Crippen LogP contribution in [0.1, 0.15) is 27.2 Å². The number of nitrogens with one attached hydrogen (secondary N) is 1. The maximum atomic E-state index is 12.5. The van der Waals surface area contributed by atoms with Gasteiger partial charge in [-0.05, 0) is 36.8 Å². The highest BCUT2D eigenvalue weighted by Crippen LogP contribution is 2.26. The fourth-order valence-electron chi connectivity index (χ4n) is 2.92. The lowest BCUT2D eigenvalue weighted by Crippen LogP contribution is -2.24. The molecule has 128 valence electrons. The lowest BCUT2D eigenvalue weighted by atomic mass is 10.1. The van der Waals surface area contributed by atoms with E-state index in [-0.39, 0.29) is 23.8 Å². The molecule has 0 fully saturated rings. The van der Waals surface area contributed by atoms with Crippen LogP contribution < -0.4 is 10.1 Å². The summed E-state index contributed by atoms with van der Waals surface area (Å²) in [4.78, 5) is 16.9. The average molecular weight is 336 g/mol. The van der Waals surface area contributed by atoms with E-state index in [1.165, 1.54) is 0 Å². The lowest BCUT2D eigenvalue weighted by molar-refractivity contribution is 0.0948. The number of aromatic hydroxyl groups is 1. The van der Waals surface area contributed by atoms with E-state index < -0.39 is 0 Å². The van der Waals surface area contributed by atoms with Crippen LogP contribution in [-0.4, -0.2) is 23.1 Å². The number of hydrogen-bond donors (Lipinski definition) is 2. The molecule has 5 heteroatoms. The summed E-state index contributed by atoms with van der Waals surface area (Å²) in [5.41, 5.74) is 2.82. The molecular weight excluding hydrogens is 316 g/mol. The highest BCUT2D eigenvalue weighted by molar-refractivity contribution is 6.01. The van der Waals surface area contributed by atoms with E-state index in [1.807, 2.05) is 38.1 Å². The molecule has 3 rings (SSSR count). The summed E-state index contributed by atoms with van der Waals surface area (Å²) >= 11 is 0. The van der Waals surface area contributed by atoms with Crippen LogP contribution in [0.4, 0.5) is 0 Å². The van der Waals surface area contributed by atoms with Crippen LogP contribution in [0.15, 0.2) is 42.6 Å². The highest BCUT2D eigenvalue weighted by atomic mass is 16.5. The number of fused-ring (bicyclic) bond motifs is 1. The minimum atomic E-state index is -0.344. The van der Waals surface area contributed by atoms with Crippen molar-refractivity contribution < 1.29 is 14.6 Å². The highest BCUT2D eigenvalue weighted by Gasteiger charge is 2.14. The van der Waals surface area contributed by atoms with Gasteiger partial charge in [-0.3, -0.25) is 9.78 Å². The van der Waals surface area contributed by atoms with Crippen LogP contribution in [0.2, 0.25) is 0 Å². The number of nitrogens with zero attached hydrogens (tertiary/aromatic N) is 1. The molecule has 0 saturated heterocycles. The molecule has 0 unspecified atom stereocenters. The van der Waals surface area contributed by atoms with Crippen LogP contribution in [-0.2, 0) is 6.54 Å². The molecule has 0 aliphatic heterocycles. The number of rotatable bonds is 4. The van der Waals surface area contributed by atoms with Crippen LogP contribution in [0.25, 0.3) is 10.8 Å². The van der Waals surface area contributed by atoms with E-state index in [0.717, 1.165) is 33.3 Å². The first kappa shape index (κ1) is 16.8. The second-order valence-electron chi connectivity index (χ2n) is 5.95. The number of amides is 1. The van der Waals surface area contributed by atoms with E-state index in [0.29, 0.717) is 0 Å². The number of ether oxygens (including phenoxy) is 1. The summed E-state index contributed by atoms with van der Waals surface area (Å²) in [7, 11) is 1.62.